The van der Waals surface area contributed by atoms with Crippen LogP contribution in [0.1, 0.15) is 24.2 Å². The molecule has 0 saturated carbocycles. The number of ketones is 1. The highest BCUT2D eigenvalue weighted by Gasteiger charge is 2.29. The van der Waals surface area contributed by atoms with Crippen LogP contribution in [0.2, 0.25) is 0 Å². The predicted molar refractivity (Wildman–Crippen MR) is 91.4 cm³/mol. The van der Waals surface area contributed by atoms with Crippen LogP contribution in [0.15, 0.2) is 24.3 Å². The Bertz CT molecular complexity index is 607. The number of urea groups is 1. The highest BCUT2D eigenvalue weighted by molar-refractivity contribution is 5.96. The van der Waals surface area contributed by atoms with Crippen molar-refractivity contribution >= 4 is 23.4 Å². The number of nitrogens with zero attached hydrogens (tertiary/aromatic N) is 1. The number of rotatable bonds is 4. The van der Waals surface area contributed by atoms with Crippen LogP contribution in [0.3, 0.4) is 0 Å². The quantitative estimate of drug-likeness (QED) is 0.645. The molecule has 1 aromatic rings. The molecule has 0 radical (unpaired) electrons. The lowest BCUT2D eigenvalue weighted by molar-refractivity contribution is -0.914. The first-order valence-electron chi connectivity index (χ1n) is 8.15. The van der Waals surface area contributed by atoms with Crippen molar-refractivity contribution in [2.75, 3.05) is 38.1 Å². The summed E-state index contributed by atoms with van der Waals surface area (Å²) < 4.78 is 0. The van der Waals surface area contributed by atoms with Crippen molar-refractivity contribution in [1.29, 1.82) is 0 Å². The van der Waals surface area contributed by atoms with Gasteiger partial charge < -0.3 is 15.1 Å². The lowest BCUT2D eigenvalue weighted by Gasteiger charge is -2.35. The van der Waals surface area contributed by atoms with Gasteiger partial charge >= 0.3 is 6.03 Å². The van der Waals surface area contributed by atoms with E-state index in [-0.39, 0.29) is 17.7 Å². The molecule has 130 valence electrons. The summed E-state index contributed by atoms with van der Waals surface area (Å²) >= 11 is 0. The normalized spacial score (nSPS) is 16.4. The maximum absolute atomic E-state index is 12.0. The van der Waals surface area contributed by atoms with E-state index in [1.54, 1.807) is 6.92 Å². The number of amides is 3. The second-order valence-electron chi connectivity index (χ2n) is 6.04. The minimum Gasteiger partial charge on any atom is -0.360 e. The molecule has 24 heavy (non-hydrogen) atoms. The van der Waals surface area contributed by atoms with E-state index in [1.165, 1.54) is 7.05 Å². The Kier molecular flexibility index (Phi) is 5.92. The minimum absolute atomic E-state index is 0.0618. The van der Waals surface area contributed by atoms with Gasteiger partial charge in [0.15, 0.2) is 11.8 Å². The van der Waals surface area contributed by atoms with Crippen LogP contribution < -0.4 is 20.4 Å². The van der Waals surface area contributed by atoms with Crippen molar-refractivity contribution in [3.63, 3.8) is 0 Å². The van der Waals surface area contributed by atoms with Crippen LogP contribution in [-0.4, -0.2) is 57.0 Å². The number of hydrogen-bond acceptors (Lipinski definition) is 4. The summed E-state index contributed by atoms with van der Waals surface area (Å²) in [6.45, 7) is 6.68. The highest BCUT2D eigenvalue weighted by Crippen LogP contribution is 2.15. The molecule has 7 nitrogen and oxygen atoms in total. The van der Waals surface area contributed by atoms with Crippen molar-refractivity contribution in [2.45, 2.75) is 19.9 Å². The first kappa shape index (κ1) is 17.9. The fraction of sp³-hybridized carbons (Fsp3) is 0.471. The van der Waals surface area contributed by atoms with Crippen LogP contribution >= 0.6 is 0 Å². The summed E-state index contributed by atoms with van der Waals surface area (Å²) in [4.78, 5) is 38.0. The first-order chi connectivity index (χ1) is 11.4. The standard InChI is InChI=1S/C17H24N4O3/c1-12(16(23)19-17(24)18-3)20-8-10-21(11-9-20)15-6-4-14(5-7-15)13(2)22/h4-7,12H,8-11H2,1-3H3,(H2,18,19,23,24)/p+1/t12-/m0/s1. The third kappa shape index (κ3) is 4.32. The predicted octanol–water partition coefficient (Wildman–Crippen LogP) is -0.562. The number of anilines is 1. The second kappa shape index (κ2) is 7.92. The van der Waals surface area contributed by atoms with Crippen molar-refractivity contribution < 1.29 is 19.3 Å². The molecule has 3 amide bonds. The molecule has 1 fully saturated rings. The van der Waals surface area contributed by atoms with Crippen LogP contribution in [0.25, 0.3) is 0 Å². The first-order valence-corrected chi connectivity index (χ1v) is 8.15. The minimum atomic E-state index is -0.476. The lowest BCUT2D eigenvalue weighted by atomic mass is 10.1. The zero-order chi connectivity index (χ0) is 17.7. The van der Waals surface area contributed by atoms with Crippen molar-refractivity contribution in [2.24, 2.45) is 0 Å². The topological polar surface area (TPSA) is 82.9 Å². The zero-order valence-corrected chi connectivity index (χ0v) is 14.4. The third-order valence-electron chi connectivity index (χ3n) is 4.51. The van der Waals surface area contributed by atoms with Gasteiger partial charge in [0.05, 0.1) is 26.2 Å². The molecule has 0 aliphatic carbocycles. The fourth-order valence-corrected chi connectivity index (χ4v) is 2.86. The zero-order valence-electron chi connectivity index (χ0n) is 14.4. The molecule has 1 aliphatic heterocycles. The van der Waals surface area contributed by atoms with Gasteiger partial charge in [-0.1, -0.05) is 0 Å². The summed E-state index contributed by atoms with van der Waals surface area (Å²) in [6, 6.07) is 6.86. The van der Waals surface area contributed by atoms with E-state index in [4.69, 9.17) is 0 Å². The molecule has 1 aromatic carbocycles. The number of carbonyl (C=O) groups excluding carboxylic acids is 3. The molecule has 0 bridgehead atoms. The van der Waals surface area contributed by atoms with Gasteiger partial charge in [0.25, 0.3) is 5.91 Å². The number of piperazine rings is 1. The van der Waals surface area contributed by atoms with Gasteiger partial charge in [-0.05, 0) is 38.1 Å². The SMILES string of the molecule is CNC(=O)NC(=O)[C@H](C)[NH+]1CCN(c2ccc(C(C)=O)cc2)CC1. The molecule has 1 heterocycles. The fourth-order valence-electron chi connectivity index (χ4n) is 2.86. The molecule has 3 N–H and O–H groups in total. The van der Waals surface area contributed by atoms with Gasteiger partial charge in [-0.25, -0.2) is 4.79 Å². The molecule has 0 unspecified atom stereocenters. The van der Waals surface area contributed by atoms with Crippen molar-refractivity contribution in [3.05, 3.63) is 29.8 Å². The molecule has 0 spiro atoms. The largest absolute Gasteiger partial charge is 0.360 e. The van der Waals surface area contributed by atoms with Crippen LogP contribution in [-0.2, 0) is 4.79 Å². The van der Waals surface area contributed by atoms with E-state index in [0.29, 0.717) is 5.56 Å². The summed E-state index contributed by atoms with van der Waals surface area (Å²) in [7, 11) is 1.48. The molecule has 0 aromatic heterocycles. The smallest absolute Gasteiger partial charge is 0.321 e. The number of Topliss-reactive ketones (excluding diaryl/α,β-unsaturated/α-hetero) is 1. The lowest BCUT2D eigenvalue weighted by Crippen LogP contribution is -3.19. The number of carbonyl (C=O) groups is 3. The number of nitrogens with one attached hydrogen (secondary N) is 3. The van der Waals surface area contributed by atoms with Gasteiger partial charge in [0, 0.05) is 18.3 Å². The Morgan fingerprint density at radius 1 is 1.12 bits per heavy atom. The number of imide groups is 1. The average molecular weight is 333 g/mol. The Morgan fingerprint density at radius 2 is 1.71 bits per heavy atom. The summed E-state index contributed by atoms with van der Waals surface area (Å²) in [5, 5.41) is 4.71. The summed E-state index contributed by atoms with van der Waals surface area (Å²) in [5.41, 5.74) is 1.80. The maximum Gasteiger partial charge on any atom is 0.321 e. The second-order valence-corrected chi connectivity index (χ2v) is 6.04. The van der Waals surface area contributed by atoms with Crippen LogP contribution in [0.4, 0.5) is 10.5 Å². The Morgan fingerprint density at radius 3 is 2.21 bits per heavy atom. The van der Waals surface area contributed by atoms with E-state index < -0.39 is 6.03 Å². The van der Waals surface area contributed by atoms with Gasteiger partial charge in [-0.15, -0.1) is 0 Å². The van der Waals surface area contributed by atoms with Gasteiger partial charge in [0.2, 0.25) is 0 Å². The van der Waals surface area contributed by atoms with Gasteiger partial charge in [0.1, 0.15) is 0 Å². The Balaban J connectivity index is 1.89. The van der Waals surface area contributed by atoms with Crippen LogP contribution in [0, 0.1) is 0 Å². The van der Waals surface area contributed by atoms with Crippen molar-refractivity contribution in [3.8, 4) is 0 Å². The van der Waals surface area contributed by atoms with E-state index in [1.807, 2.05) is 31.2 Å². The van der Waals surface area contributed by atoms with E-state index in [2.05, 4.69) is 15.5 Å². The molecule has 1 aliphatic rings. The van der Waals surface area contributed by atoms with Gasteiger partial charge in [-0.3, -0.25) is 14.9 Å². The average Bonchev–Trinajstić information content (AvgIpc) is 2.61. The third-order valence-corrected chi connectivity index (χ3v) is 4.51. The van der Waals surface area contributed by atoms with E-state index in [9.17, 15) is 14.4 Å². The molecular formula is C17H25N4O3+. The molecule has 2 rings (SSSR count). The van der Waals surface area contributed by atoms with E-state index in [0.717, 1.165) is 36.8 Å². The maximum atomic E-state index is 12.0. The monoisotopic (exact) mass is 333 g/mol. The summed E-state index contributed by atoms with van der Waals surface area (Å²) in [6.07, 6.45) is 0. The molecule has 1 saturated heterocycles. The van der Waals surface area contributed by atoms with Crippen molar-refractivity contribution in [1.82, 2.24) is 10.6 Å². The Labute approximate surface area is 142 Å². The number of quaternary nitrogens is 1. The number of benzene rings is 1. The number of hydrogen-bond donors (Lipinski definition) is 3. The molecule has 7 heteroatoms. The highest BCUT2D eigenvalue weighted by atomic mass is 16.2. The van der Waals surface area contributed by atoms with Gasteiger partial charge in [-0.2, -0.15) is 0 Å². The van der Waals surface area contributed by atoms with E-state index >= 15 is 0 Å². The Hall–Kier alpha value is -2.41. The summed E-state index contributed by atoms with van der Waals surface area (Å²) in [5.74, 6) is -0.199. The van der Waals surface area contributed by atoms with Crippen LogP contribution in [0.5, 0.6) is 0 Å². The molecular weight excluding hydrogens is 308 g/mol. The molecule has 1 atom stereocenters.